The van der Waals surface area contributed by atoms with Gasteiger partial charge in [-0.05, 0) is 42.0 Å². The van der Waals surface area contributed by atoms with Crippen molar-refractivity contribution in [1.29, 1.82) is 0 Å². The highest BCUT2D eigenvalue weighted by molar-refractivity contribution is 6.30. The summed E-state index contributed by atoms with van der Waals surface area (Å²) < 4.78 is 46.0. The number of nitrogens with one attached hydrogen (secondary N) is 1. The Hall–Kier alpha value is -4.42. The summed E-state index contributed by atoms with van der Waals surface area (Å²) in [5.74, 6) is -2.26. The van der Waals surface area contributed by atoms with Crippen LogP contribution in [0, 0.1) is 0 Å². The van der Waals surface area contributed by atoms with Crippen molar-refractivity contribution in [3.05, 3.63) is 95.0 Å². The van der Waals surface area contributed by atoms with Crippen LogP contribution in [0.1, 0.15) is 27.9 Å². The third-order valence-corrected chi connectivity index (χ3v) is 6.72. The summed E-state index contributed by atoms with van der Waals surface area (Å²) >= 11 is 5.87. The first-order valence-electron chi connectivity index (χ1n) is 12.5. The molecule has 13 heteroatoms. The van der Waals surface area contributed by atoms with E-state index in [0.717, 1.165) is 0 Å². The van der Waals surface area contributed by atoms with Gasteiger partial charge in [-0.1, -0.05) is 41.9 Å². The third-order valence-electron chi connectivity index (χ3n) is 6.46. The maximum Gasteiger partial charge on any atom is 0.437 e. The number of aromatic nitrogens is 2. The molecule has 1 fully saturated rings. The molecule has 3 heterocycles. The molecule has 0 saturated carbocycles. The molecule has 2 amide bonds. The van der Waals surface area contributed by atoms with E-state index in [0.29, 0.717) is 48.1 Å². The minimum Gasteiger partial charge on any atom is -0.430 e. The molecule has 1 unspecified atom stereocenters. The van der Waals surface area contributed by atoms with E-state index in [2.05, 4.69) is 15.3 Å². The zero-order chi connectivity index (χ0) is 29.1. The molecule has 2 aromatic heterocycles. The summed E-state index contributed by atoms with van der Waals surface area (Å²) in [4.78, 5) is 36.8. The van der Waals surface area contributed by atoms with Crippen LogP contribution < -0.4 is 10.2 Å². The van der Waals surface area contributed by atoms with Gasteiger partial charge in [-0.25, -0.2) is 9.97 Å². The van der Waals surface area contributed by atoms with Gasteiger partial charge >= 0.3 is 6.18 Å². The van der Waals surface area contributed by atoms with Crippen molar-refractivity contribution < 1.29 is 32.3 Å². The standard InChI is InChI=1S/C28H23ClF3N5O4/c29-19-8-6-17(7-9-19)22(38)27(40)37-14-12-36(13-15-37)21-11-10-20(16-33-21)34-25(39)23-24(28(30,31)32)35-26(41-23)18-4-2-1-3-5-18/h1-11,16,22,38H,12-15H2,(H,34,39). The lowest BCUT2D eigenvalue weighted by atomic mass is 10.1. The molecular formula is C28H23ClF3N5O4. The van der Waals surface area contributed by atoms with Gasteiger partial charge in [0, 0.05) is 36.8 Å². The lowest BCUT2D eigenvalue weighted by molar-refractivity contribution is -0.142. The molecule has 4 aromatic rings. The Morgan fingerprint density at radius 2 is 1.66 bits per heavy atom. The number of hydrogen-bond donors (Lipinski definition) is 2. The minimum absolute atomic E-state index is 0.157. The summed E-state index contributed by atoms with van der Waals surface area (Å²) in [6.45, 7) is 1.57. The third kappa shape index (κ3) is 6.34. The van der Waals surface area contributed by atoms with Gasteiger partial charge in [0.15, 0.2) is 11.8 Å². The van der Waals surface area contributed by atoms with Gasteiger partial charge in [0.05, 0.1) is 11.9 Å². The van der Waals surface area contributed by atoms with Crippen LogP contribution >= 0.6 is 11.6 Å². The maximum atomic E-state index is 13.6. The number of oxazole rings is 1. The number of pyridine rings is 1. The summed E-state index contributed by atoms with van der Waals surface area (Å²) in [6, 6.07) is 17.5. The lowest BCUT2D eigenvalue weighted by Gasteiger charge is -2.36. The number of amides is 2. The molecule has 1 atom stereocenters. The van der Waals surface area contributed by atoms with Gasteiger partial charge in [0.2, 0.25) is 11.7 Å². The van der Waals surface area contributed by atoms with Crippen LogP contribution in [0.2, 0.25) is 5.02 Å². The van der Waals surface area contributed by atoms with Gasteiger partial charge in [0.1, 0.15) is 5.82 Å². The molecule has 0 bridgehead atoms. The van der Waals surface area contributed by atoms with Crippen molar-refractivity contribution in [1.82, 2.24) is 14.9 Å². The number of benzene rings is 2. The average molecular weight is 586 g/mol. The number of piperazine rings is 1. The Balaban J connectivity index is 1.21. The summed E-state index contributed by atoms with van der Waals surface area (Å²) in [5, 5.41) is 13.3. The van der Waals surface area contributed by atoms with E-state index in [4.69, 9.17) is 16.0 Å². The molecular weight excluding hydrogens is 563 g/mol. The number of anilines is 2. The molecule has 0 spiro atoms. The summed E-state index contributed by atoms with van der Waals surface area (Å²) in [7, 11) is 0. The second-order valence-corrected chi connectivity index (χ2v) is 9.62. The summed E-state index contributed by atoms with van der Waals surface area (Å²) in [5.41, 5.74) is -0.522. The van der Waals surface area contributed by atoms with E-state index in [1.807, 2.05) is 4.90 Å². The van der Waals surface area contributed by atoms with Gasteiger partial charge in [-0.15, -0.1) is 0 Å². The molecule has 212 valence electrons. The first-order chi connectivity index (χ1) is 19.6. The smallest absolute Gasteiger partial charge is 0.430 e. The Kier molecular flexibility index (Phi) is 7.95. The Bertz CT molecular complexity index is 1520. The maximum absolute atomic E-state index is 13.6. The molecule has 2 aromatic carbocycles. The van der Waals surface area contributed by atoms with E-state index in [-0.39, 0.29) is 11.6 Å². The summed E-state index contributed by atoms with van der Waals surface area (Å²) in [6.07, 6.45) is -4.89. The van der Waals surface area contributed by atoms with Crippen molar-refractivity contribution in [2.45, 2.75) is 12.3 Å². The van der Waals surface area contributed by atoms with Crippen molar-refractivity contribution >= 4 is 34.9 Å². The van der Waals surface area contributed by atoms with Crippen LogP contribution in [0.15, 0.2) is 77.3 Å². The fourth-order valence-electron chi connectivity index (χ4n) is 4.32. The number of aliphatic hydroxyl groups is 1. The SMILES string of the molecule is O=C(Nc1ccc(N2CCN(C(=O)C(O)c3ccc(Cl)cc3)CC2)nc1)c1oc(-c2ccccc2)nc1C(F)(F)F. The number of carbonyl (C=O) groups excluding carboxylic acids is 2. The van der Waals surface area contributed by atoms with Crippen molar-refractivity contribution in [3.63, 3.8) is 0 Å². The fraction of sp³-hybridized carbons (Fsp3) is 0.214. The second kappa shape index (κ2) is 11.6. The van der Waals surface area contributed by atoms with Crippen LogP contribution in [0.4, 0.5) is 24.7 Å². The van der Waals surface area contributed by atoms with E-state index in [9.17, 15) is 27.9 Å². The number of nitrogens with zero attached hydrogens (tertiary/aromatic N) is 4. The Morgan fingerprint density at radius 1 is 0.976 bits per heavy atom. The molecule has 1 aliphatic heterocycles. The van der Waals surface area contributed by atoms with E-state index >= 15 is 0 Å². The van der Waals surface area contributed by atoms with Crippen molar-refractivity contribution in [3.8, 4) is 11.5 Å². The molecule has 0 radical (unpaired) electrons. The van der Waals surface area contributed by atoms with Crippen LogP contribution in [0.25, 0.3) is 11.5 Å². The first kappa shape index (κ1) is 28.1. The number of alkyl halides is 3. The zero-order valence-corrected chi connectivity index (χ0v) is 22.1. The van der Waals surface area contributed by atoms with Crippen molar-refractivity contribution in [2.75, 3.05) is 36.4 Å². The minimum atomic E-state index is -4.90. The first-order valence-corrected chi connectivity index (χ1v) is 12.9. The highest BCUT2D eigenvalue weighted by Crippen LogP contribution is 2.35. The van der Waals surface area contributed by atoms with Crippen LogP contribution in [-0.4, -0.2) is 58.0 Å². The fourth-order valence-corrected chi connectivity index (χ4v) is 4.45. The number of halogens is 4. The number of carbonyl (C=O) groups is 2. The molecule has 9 nitrogen and oxygen atoms in total. The Labute approximate surface area is 237 Å². The topological polar surface area (TPSA) is 112 Å². The molecule has 0 aliphatic carbocycles. The molecule has 41 heavy (non-hydrogen) atoms. The van der Waals surface area contributed by atoms with Gasteiger partial charge in [-0.2, -0.15) is 13.2 Å². The quantitative estimate of drug-likeness (QED) is 0.326. The van der Waals surface area contributed by atoms with Crippen LogP contribution in [0.5, 0.6) is 0 Å². The molecule has 1 aliphatic rings. The lowest BCUT2D eigenvalue weighted by Crippen LogP contribution is -2.50. The van der Waals surface area contributed by atoms with Gasteiger partial charge in [0.25, 0.3) is 11.8 Å². The van der Waals surface area contributed by atoms with E-state index in [1.54, 1.807) is 53.4 Å². The highest BCUT2D eigenvalue weighted by Gasteiger charge is 2.41. The second-order valence-electron chi connectivity index (χ2n) is 9.19. The van der Waals surface area contributed by atoms with E-state index in [1.165, 1.54) is 24.4 Å². The molecule has 5 rings (SSSR count). The molecule has 1 saturated heterocycles. The average Bonchev–Trinajstić information content (AvgIpc) is 3.45. The van der Waals surface area contributed by atoms with Gasteiger partial charge in [-0.3, -0.25) is 9.59 Å². The number of aliphatic hydroxyl groups excluding tert-OH is 1. The van der Waals surface area contributed by atoms with Gasteiger partial charge < -0.3 is 24.6 Å². The highest BCUT2D eigenvalue weighted by atomic mass is 35.5. The predicted molar refractivity (Wildman–Crippen MR) is 144 cm³/mol. The number of rotatable bonds is 6. The van der Waals surface area contributed by atoms with Crippen LogP contribution in [-0.2, 0) is 11.0 Å². The van der Waals surface area contributed by atoms with Crippen molar-refractivity contribution in [2.24, 2.45) is 0 Å². The largest absolute Gasteiger partial charge is 0.437 e. The van der Waals surface area contributed by atoms with E-state index < -0.39 is 35.5 Å². The normalized spacial score (nSPS) is 14.6. The predicted octanol–water partition coefficient (Wildman–Crippen LogP) is 5.04. The Morgan fingerprint density at radius 3 is 2.27 bits per heavy atom. The monoisotopic (exact) mass is 585 g/mol. The zero-order valence-electron chi connectivity index (χ0n) is 21.3. The number of hydrogen-bond acceptors (Lipinski definition) is 7. The van der Waals surface area contributed by atoms with Crippen LogP contribution in [0.3, 0.4) is 0 Å². The molecule has 2 N–H and O–H groups in total.